The minimum Gasteiger partial charge on any atom is -0.351 e. The Hall–Kier alpha value is -1.93. The van der Waals surface area contributed by atoms with E-state index in [1.165, 1.54) is 6.07 Å². The summed E-state index contributed by atoms with van der Waals surface area (Å²) in [5, 5.41) is 14.5. The van der Waals surface area contributed by atoms with Crippen molar-refractivity contribution in [2.45, 2.75) is 39.3 Å². The van der Waals surface area contributed by atoms with Gasteiger partial charge in [0.2, 0.25) is 5.91 Å². The minimum atomic E-state index is -0.407. The molecule has 0 aliphatic heterocycles. The molecule has 0 fully saturated rings. The van der Waals surface area contributed by atoms with Crippen molar-refractivity contribution in [3.05, 3.63) is 35.1 Å². The van der Waals surface area contributed by atoms with Crippen molar-refractivity contribution < 1.29 is 9.18 Å². The van der Waals surface area contributed by atoms with Crippen LogP contribution in [-0.4, -0.2) is 18.0 Å². The van der Waals surface area contributed by atoms with Gasteiger partial charge in [-0.15, -0.1) is 0 Å². The summed E-state index contributed by atoms with van der Waals surface area (Å²) in [7, 11) is 0. The Balaban J connectivity index is 2.35. The smallest absolute Gasteiger partial charge is 0.221 e. The standard InChI is InChI=1S/C15H20FN3O/c1-15(2,3)19-14(20)6-7-18-10-12-5-4-11(9-17)8-13(12)16/h4-5,8,18H,6-7,10H2,1-3H3,(H,19,20). The maximum absolute atomic E-state index is 13.6. The number of amides is 1. The number of nitriles is 1. The van der Waals surface area contributed by atoms with E-state index < -0.39 is 5.82 Å². The SMILES string of the molecule is CC(C)(C)NC(=O)CCNCc1ccc(C#N)cc1F. The summed E-state index contributed by atoms with van der Waals surface area (Å²) in [6, 6.07) is 6.25. The molecule has 0 saturated heterocycles. The number of carbonyl (C=O) groups is 1. The highest BCUT2D eigenvalue weighted by Gasteiger charge is 2.13. The molecule has 1 aromatic carbocycles. The van der Waals surface area contributed by atoms with E-state index in [0.717, 1.165) is 0 Å². The quantitative estimate of drug-likeness (QED) is 0.810. The van der Waals surface area contributed by atoms with Gasteiger partial charge in [-0.05, 0) is 32.9 Å². The van der Waals surface area contributed by atoms with Gasteiger partial charge in [-0.25, -0.2) is 4.39 Å². The second-order valence-electron chi connectivity index (χ2n) is 5.64. The van der Waals surface area contributed by atoms with E-state index in [4.69, 9.17) is 5.26 Å². The molecule has 0 spiro atoms. The number of nitrogens with one attached hydrogen (secondary N) is 2. The fourth-order valence-corrected chi connectivity index (χ4v) is 1.67. The van der Waals surface area contributed by atoms with Crippen molar-refractivity contribution >= 4 is 5.91 Å². The van der Waals surface area contributed by atoms with Gasteiger partial charge in [-0.3, -0.25) is 4.79 Å². The lowest BCUT2D eigenvalue weighted by atomic mass is 10.1. The van der Waals surface area contributed by atoms with Crippen LogP contribution in [0.25, 0.3) is 0 Å². The first kappa shape index (κ1) is 16.1. The van der Waals surface area contributed by atoms with Gasteiger partial charge in [0.25, 0.3) is 0 Å². The van der Waals surface area contributed by atoms with Gasteiger partial charge in [0, 0.05) is 30.6 Å². The zero-order chi connectivity index (χ0) is 15.2. The Bertz CT molecular complexity index is 515. The molecule has 0 aliphatic carbocycles. The zero-order valence-electron chi connectivity index (χ0n) is 12.1. The van der Waals surface area contributed by atoms with E-state index in [2.05, 4.69) is 10.6 Å². The summed E-state index contributed by atoms with van der Waals surface area (Å²) in [5.41, 5.74) is 0.548. The van der Waals surface area contributed by atoms with Gasteiger partial charge in [0.05, 0.1) is 11.6 Å². The number of halogens is 1. The Morgan fingerprint density at radius 3 is 2.65 bits per heavy atom. The molecule has 1 amide bonds. The first-order valence-corrected chi connectivity index (χ1v) is 6.52. The third kappa shape index (κ3) is 5.81. The maximum Gasteiger partial charge on any atom is 0.221 e. The molecule has 1 rings (SSSR count). The topological polar surface area (TPSA) is 64.9 Å². The first-order valence-electron chi connectivity index (χ1n) is 6.52. The Labute approximate surface area is 119 Å². The summed E-state index contributed by atoms with van der Waals surface area (Å²) in [6.45, 7) is 6.57. The van der Waals surface area contributed by atoms with Gasteiger partial charge >= 0.3 is 0 Å². The molecular weight excluding hydrogens is 257 g/mol. The van der Waals surface area contributed by atoms with Crippen LogP contribution in [0.1, 0.15) is 38.3 Å². The van der Waals surface area contributed by atoms with E-state index in [0.29, 0.717) is 30.6 Å². The normalized spacial score (nSPS) is 10.9. The van der Waals surface area contributed by atoms with Gasteiger partial charge in [0.15, 0.2) is 0 Å². The van der Waals surface area contributed by atoms with Crippen molar-refractivity contribution in [2.75, 3.05) is 6.54 Å². The van der Waals surface area contributed by atoms with Gasteiger partial charge in [0.1, 0.15) is 5.82 Å². The molecule has 4 nitrogen and oxygen atoms in total. The molecule has 20 heavy (non-hydrogen) atoms. The number of benzene rings is 1. The Morgan fingerprint density at radius 1 is 1.40 bits per heavy atom. The highest BCUT2D eigenvalue weighted by molar-refractivity contribution is 5.76. The molecular formula is C15H20FN3O. The molecule has 1 aromatic rings. The van der Waals surface area contributed by atoms with Crippen molar-refractivity contribution in [3.63, 3.8) is 0 Å². The molecule has 0 bridgehead atoms. The Kier molecular flexibility index (Phi) is 5.66. The van der Waals surface area contributed by atoms with E-state index >= 15 is 0 Å². The molecule has 2 N–H and O–H groups in total. The van der Waals surface area contributed by atoms with Crippen LogP contribution in [0.4, 0.5) is 4.39 Å². The molecule has 0 radical (unpaired) electrons. The summed E-state index contributed by atoms with van der Waals surface area (Å²) in [4.78, 5) is 11.6. The fourth-order valence-electron chi connectivity index (χ4n) is 1.67. The van der Waals surface area contributed by atoms with Crippen LogP contribution in [0, 0.1) is 17.1 Å². The van der Waals surface area contributed by atoms with Crippen LogP contribution in [0.5, 0.6) is 0 Å². The van der Waals surface area contributed by atoms with Crippen molar-refractivity contribution in [3.8, 4) is 6.07 Å². The lowest BCUT2D eigenvalue weighted by Crippen LogP contribution is -2.41. The summed E-state index contributed by atoms with van der Waals surface area (Å²) >= 11 is 0. The number of hydrogen-bond acceptors (Lipinski definition) is 3. The van der Waals surface area contributed by atoms with Gasteiger partial charge < -0.3 is 10.6 Å². The summed E-state index contributed by atoms with van der Waals surface area (Å²) in [5.74, 6) is -0.444. The van der Waals surface area contributed by atoms with E-state index in [1.54, 1.807) is 12.1 Å². The number of nitrogens with zero attached hydrogens (tertiary/aromatic N) is 1. The molecule has 0 aromatic heterocycles. The fraction of sp³-hybridized carbons (Fsp3) is 0.467. The van der Waals surface area contributed by atoms with Crippen LogP contribution >= 0.6 is 0 Å². The van der Waals surface area contributed by atoms with Crippen molar-refractivity contribution in [1.82, 2.24) is 10.6 Å². The molecule has 0 atom stereocenters. The summed E-state index contributed by atoms with van der Waals surface area (Å²) in [6.07, 6.45) is 0.342. The third-order valence-corrected chi connectivity index (χ3v) is 2.54. The van der Waals surface area contributed by atoms with Gasteiger partial charge in [-0.2, -0.15) is 5.26 Å². The van der Waals surface area contributed by atoms with Crippen LogP contribution in [0.15, 0.2) is 18.2 Å². The molecule has 0 heterocycles. The van der Waals surface area contributed by atoms with Crippen LogP contribution in [-0.2, 0) is 11.3 Å². The molecule has 0 unspecified atom stereocenters. The monoisotopic (exact) mass is 277 g/mol. The maximum atomic E-state index is 13.6. The third-order valence-electron chi connectivity index (χ3n) is 2.54. The second-order valence-corrected chi connectivity index (χ2v) is 5.64. The largest absolute Gasteiger partial charge is 0.351 e. The average molecular weight is 277 g/mol. The number of hydrogen-bond donors (Lipinski definition) is 2. The number of rotatable bonds is 5. The van der Waals surface area contributed by atoms with E-state index in [1.807, 2.05) is 26.8 Å². The molecule has 108 valence electrons. The lowest BCUT2D eigenvalue weighted by Gasteiger charge is -2.20. The highest BCUT2D eigenvalue weighted by atomic mass is 19.1. The van der Waals surface area contributed by atoms with Crippen molar-refractivity contribution in [2.24, 2.45) is 0 Å². The summed E-state index contributed by atoms with van der Waals surface area (Å²) < 4.78 is 13.6. The van der Waals surface area contributed by atoms with Crippen LogP contribution in [0.3, 0.4) is 0 Å². The van der Waals surface area contributed by atoms with Crippen LogP contribution < -0.4 is 10.6 Å². The lowest BCUT2D eigenvalue weighted by molar-refractivity contribution is -0.122. The van der Waals surface area contributed by atoms with E-state index in [9.17, 15) is 9.18 Å². The second kappa shape index (κ2) is 7.01. The zero-order valence-corrected chi connectivity index (χ0v) is 12.1. The predicted molar refractivity (Wildman–Crippen MR) is 75.3 cm³/mol. The highest BCUT2D eigenvalue weighted by Crippen LogP contribution is 2.09. The molecule has 0 saturated carbocycles. The average Bonchev–Trinajstić information content (AvgIpc) is 2.33. The van der Waals surface area contributed by atoms with Gasteiger partial charge in [-0.1, -0.05) is 6.07 Å². The predicted octanol–water partition coefficient (Wildman–Crippen LogP) is 2.09. The minimum absolute atomic E-state index is 0.0368. The molecule has 0 aliphatic rings. The molecule has 5 heteroatoms. The first-order chi connectivity index (χ1) is 9.31. The number of carbonyl (C=O) groups excluding carboxylic acids is 1. The van der Waals surface area contributed by atoms with E-state index in [-0.39, 0.29) is 11.4 Å². The van der Waals surface area contributed by atoms with Crippen molar-refractivity contribution in [1.29, 1.82) is 5.26 Å². The Morgan fingerprint density at radius 2 is 2.10 bits per heavy atom. The van der Waals surface area contributed by atoms with Crippen LogP contribution in [0.2, 0.25) is 0 Å².